The fourth-order valence-electron chi connectivity index (χ4n) is 3.18. The lowest BCUT2D eigenvalue weighted by molar-refractivity contribution is 0.0486. The molecule has 1 rings (SSSR count). The first-order valence-corrected chi connectivity index (χ1v) is 10.3. The van der Waals surface area contributed by atoms with Crippen LogP contribution in [0.15, 0.2) is 4.99 Å². The molecule has 154 valence electrons. The zero-order valence-electron chi connectivity index (χ0n) is 17.8. The Bertz CT molecular complexity index is 388. The molecule has 6 heteroatoms. The molecule has 1 heterocycles. The fraction of sp³-hybridized carbons (Fsp3) is 0.950. The summed E-state index contributed by atoms with van der Waals surface area (Å²) in [6, 6.07) is 0. The highest BCUT2D eigenvalue weighted by atomic mass is 16.5. The van der Waals surface area contributed by atoms with Crippen molar-refractivity contribution in [3.63, 3.8) is 0 Å². The van der Waals surface area contributed by atoms with Crippen molar-refractivity contribution in [2.75, 3.05) is 59.7 Å². The van der Waals surface area contributed by atoms with Gasteiger partial charge in [0.15, 0.2) is 5.96 Å². The Balaban J connectivity index is 2.14. The summed E-state index contributed by atoms with van der Waals surface area (Å²) >= 11 is 0. The van der Waals surface area contributed by atoms with Crippen molar-refractivity contribution < 1.29 is 9.47 Å². The minimum Gasteiger partial charge on any atom is -0.379 e. The van der Waals surface area contributed by atoms with Crippen LogP contribution in [0.2, 0.25) is 0 Å². The zero-order valence-corrected chi connectivity index (χ0v) is 17.8. The number of unbranched alkanes of at least 4 members (excludes halogenated alkanes) is 1. The lowest BCUT2D eigenvalue weighted by atomic mass is 9.93. The molecule has 0 aliphatic carbocycles. The summed E-state index contributed by atoms with van der Waals surface area (Å²) in [5, 5.41) is 6.78. The molecule has 0 aromatic carbocycles. The topological polar surface area (TPSA) is 58.1 Å². The molecule has 0 radical (unpaired) electrons. The number of nitrogens with zero attached hydrogens (tertiary/aromatic N) is 2. The number of hydrogen-bond donors (Lipinski definition) is 2. The third-order valence-corrected chi connectivity index (χ3v) is 4.98. The highest BCUT2D eigenvalue weighted by Crippen LogP contribution is 2.23. The van der Waals surface area contributed by atoms with Crippen molar-refractivity contribution >= 4 is 5.96 Å². The number of nitrogens with one attached hydrogen (secondary N) is 2. The van der Waals surface area contributed by atoms with Crippen LogP contribution in [0.3, 0.4) is 0 Å². The standard InChI is InChI=1S/C20H42N4O2/c1-6-7-12-25-14-15-26-13-10-22-19(21-5)23-17-20(3,4)24-11-8-9-18(2)16-24/h18H,6-17H2,1-5H3,(H2,21,22,23). The van der Waals surface area contributed by atoms with Gasteiger partial charge in [-0.1, -0.05) is 20.3 Å². The number of guanidine groups is 1. The summed E-state index contributed by atoms with van der Waals surface area (Å²) in [4.78, 5) is 6.91. The first-order valence-electron chi connectivity index (χ1n) is 10.3. The molecule has 0 bridgehead atoms. The summed E-state index contributed by atoms with van der Waals surface area (Å²) in [7, 11) is 1.81. The molecule has 1 unspecified atom stereocenters. The predicted octanol–water partition coefficient (Wildman–Crippen LogP) is 2.50. The Hall–Kier alpha value is -0.850. The molecule has 0 aromatic heterocycles. The smallest absolute Gasteiger partial charge is 0.191 e. The number of aliphatic imine (C=N–C) groups is 1. The number of likely N-dealkylation sites (tertiary alicyclic amines) is 1. The van der Waals surface area contributed by atoms with Gasteiger partial charge in [-0.05, 0) is 45.6 Å². The molecule has 1 aliphatic rings. The first-order chi connectivity index (χ1) is 12.5. The SMILES string of the molecule is CCCCOCCOCCNC(=NC)NCC(C)(C)N1CCCC(C)C1. The van der Waals surface area contributed by atoms with Gasteiger partial charge in [-0.2, -0.15) is 0 Å². The maximum absolute atomic E-state index is 5.58. The first kappa shape index (κ1) is 23.2. The predicted molar refractivity (Wildman–Crippen MR) is 110 cm³/mol. The molecule has 1 aliphatic heterocycles. The molecular formula is C20H42N4O2. The normalized spacial score (nSPS) is 19.6. The maximum atomic E-state index is 5.58. The van der Waals surface area contributed by atoms with Gasteiger partial charge in [-0.3, -0.25) is 9.89 Å². The average Bonchev–Trinajstić information content (AvgIpc) is 2.62. The third-order valence-electron chi connectivity index (χ3n) is 4.98. The van der Waals surface area contributed by atoms with Crippen LogP contribution in [0.25, 0.3) is 0 Å². The molecule has 2 N–H and O–H groups in total. The Morgan fingerprint density at radius 1 is 1.15 bits per heavy atom. The van der Waals surface area contributed by atoms with Crippen molar-refractivity contribution in [2.45, 2.75) is 58.9 Å². The molecule has 0 spiro atoms. The van der Waals surface area contributed by atoms with E-state index in [1.807, 2.05) is 7.05 Å². The number of hydrogen-bond acceptors (Lipinski definition) is 4. The van der Waals surface area contributed by atoms with E-state index in [1.54, 1.807) is 0 Å². The van der Waals surface area contributed by atoms with Crippen LogP contribution in [0.5, 0.6) is 0 Å². The highest BCUT2D eigenvalue weighted by molar-refractivity contribution is 5.79. The molecule has 1 fully saturated rings. The quantitative estimate of drug-likeness (QED) is 0.314. The summed E-state index contributed by atoms with van der Waals surface area (Å²) in [5.41, 5.74) is 0.124. The number of piperidine rings is 1. The van der Waals surface area contributed by atoms with Crippen molar-refractivity contribution in [2.24, 2.45) is 10.9 Å². The molecule has 0 amide bonds. The van der Waals surface area contributed by atoms with E-state index in [0.717, 1.165) is 38.0 Å². The van der Waals surface area contributed by atoms with E-state index < -0.39 is 0 Å². The summed E-state index contributed by atoms with van der Waals surface area (Å²) < 4.78 is 11.1. The van der Waals surface area contributed by atoms with E-state index >= 15 is 0 Å². The average molecular weight is 371 g/mol. The minimum atomic E-state index is 0.124. The van der Waals surface area contributed by atoms with Crippen LogP contribution in [0, 0.1) is 5.92 Å². The van der Waals surface area contributed by atoms with Gasteiger partial charge in [0.05, 0.1) is 19.8 Å². The van der Waals surface area contributed by atoms with Crippen LogP contribution >= 0.6 is 0 Å². The maximum Gasteiger partial charge on any atom is 0.191 e. The summed E-state index contributed by atoms with van der Waals surface area (Å²) in [6.45, 7) is 16.0. The van der Waals surface area contributed by atoms with E-state index in [-0.39, 0.29) is 5.54 Å². The molecular weight excluding hydrogens is 328 g/mol. The van der Waals surface area contributed by atoms with E-state index in [0.29, 0.717) is 19.8 Å². The van der Waals surface area contributed by atoms with Gasteiger partial charge >= 0.3 is 0 Å². The van der Waals surface area contributed by atoms with Crippen molar-refractivity contribution in [3.05, 3.63) is 0 Å². The van der Waals surface area contributed by atoms with Gasteiger partial charge in [0.2, 0.25) is 0 Å². The molecule has 6 nitrogen and oxygen atoms in total. The Morgan fingerprint density at radius 2 is 1.88 bits per heavy atom. The molecule has 26 heavy (non-hydrogen) atoms. The Kier molecular flexibility index (Phi) is 11.9. The lowest BCUT2D eigenvalue weighted by Gasteiger charge is -2.43. The second kappa shape index (κ2) is 13.3. The molecule has 1 atom stereocenters. The molecule has 0 saturated carbocycles. The molecule has 0 aromatic rings. The van der Waals surface area contributed by atoms with Gasteiger partial charge in [0.25, 0.3) is 0 Å². The van der Waals surface area contributed by atoms with Crippen molar-refractivity contribution in [1.29, 1.82) is 0 Å². The summed E-state index contributed by atoms with van der Waals surface area (Å²) in [5.74, 6) is 1.63. The van der Waals surface area contributed by atoms with E-state index in [9.17, 15) is 0 Å². The van der Waals surface area contributed by atoms with E-state index in [1.165, 1.54) is 32.4 Å². The van der Waals surface area contributed by atoms with Gasteiger partial charge < -0.3 is 20.1 Å². The third kappa shape index (κ3) is 9.74. The van der Waals surface area contributed by atoms with Crippen LogP contribution in [-0.2, 0) is 9.47 Å². The van der Waals surface area contributed by atoms with Crippen LogP contribution < -0.4 is 10.6 Å². The largest absolute Gasteiger partial charge is 0.379 e. The minimum absolute atomic E-state index is 0.124. The lowest BCUT2D eigenvalue weighted by Crippen LogP contribution is -2.56. The second-order valence-corrected chi connectivity index (χ2v) is 7.94. The summed E-state index contributed by atoms with van der Waals surface area (Å²) in [6.07, 6.45) is 4.95. The zero-order chi connectivity index (χ0) is 19.3. The van der Waals surface area contributed by atoms with Gasteiger partial charge in [0, 0.05) is 38.8 Å². The second-order valence-electron chi connectivity index (χ2n) is 7.94. The van der Waals surface area contributed by atoms with Crippen LogP contribution in [0.4, 0.5) is 0 Å². The van der Waals surface area contributed by atoms with Gasteiger partial charge in [0.1, 0.15) is 0 Å². The van der Waals surface area contributed by atoms with Crippen molar-refractivity contribution in [1.82, 2.24) is 15.5 Å². The Labute approximate surface area is 161 Å². The van der Waals surface area contributed by atoms with Crippen molar-refractivity contribution in [3.8, 4) is 0 Å². The Morgan fingerprint density at radius 3 is 2.54 bits per heavy atom. The van der Waals surface area contributed by atoms with Crippen LogP contribution in [0.1, 0.15) is 53.4 Å². The van der Waals surface area contributed by atoms with Gasteiger partial charge in [-0.25, -0.2) is 0 Å². The van der Waals surface area contributed by atoms with E-state index in [2.05, 4.69) is 48.2 Å². The highest BCUT2D eigenvalue weighted by Gasteiger charge is 2.30. The van der Waals surface area contributed by atoms with E-state index in [4.69, 9.17) is 9.47 Å². The monoisotopic (exact) mass is 370 g/mol. The van der Waals surface area contributed by atoms with Crippen LogP contribution in [-0.4, -0.2) is 76.1 Å². The molecule has 1 saturated heterocycles. The number of ether oxygens (including phenoxy) is 2. The number of rotatable bonds is 12. The van der Waals surface area contributed by atoms with Gasteiger partial charge in [-0.15, -0.1) is 0 Å². The fourth-order valence-corrected chi connectivity index (χ4v) is 3.18.